The summed E-state index contributed by atoms with van der Waals surface area (Å²) in [5.41, 5.74) is 2.61. The van der Waals surface area contributed by atoms with Gasteiger partial charge in [0.15, 0.2) is 10.8 Å². The SMILES string of the molecule is O=C(CSc1nnc2ccccn12)N1c2ccccc2OCC1c1ccccc1. The number of para-hydroxylation sites is 2. The lowest BCUT2D eigenvalue weighted by atomic mass is 10.0. The third kappa shape index (κ3) is 3.34. The highest BCUT2D eigenvalue weighted by Crippen LogP contribution is 2.39. The van der Waals surface area contributed by atoms with Gasteiger partial charge in [-0.3, -0.25) is 14.1 Å². The molecule has 29 heavy (non-hydrogen) atoms. The maximum Gasteiger partial charge on any atom is 0.238 e. The normalized spacial score (nSPS) is 15.7. The van der Waals surface area contributed by atoms with E-state index < -0.39 is 0 Å². The second-order valence-corrected chi connectivity index (χ2v) is 7.61. The van der Waals surface area contributed by atoms with Gasteiger partial charge in [-0.2, -0.15) is 0 Å². The van der Waals surface area contributed by atoms with Crippen molar-refractivity contribution in [3.05, 3.63) is 84.6 Å². The number of carbonyl (C=O) groups is 1. The Morgan fingerprint density at radius 2 is 1.79 bits per heavy atom. The fourth-order valence-corrected chi connectivity index (χ4v) is 4.32. The minimum atomic E-state index is -0.172. The van der Waals surface area contributed by atoms with E-state index in [1.807, 2.05) is 88.3 Å². The minimum absolute atomic E-state index is 0.00674. The van der Waals surface area contributed by atoms with E-state index in [1.165, 1.54) is 11.8 Å². The maximum atomic E-state index is 13.4. The van der Waals surface area contributed by atoms with Crippen LogP contribution in [0.4, 0.5) is 5.69 Å². The Kier molecular flexibility index (Phi) is 4.65. The van der Waals surface area contributed by atoms with E-state index in [9.17, 15) is 4.79 Å². The molecular formula is C22H18N4O2S. The summed E-state index contributed by atoms with van der Waals surface area (Å²) in [6, 6.07) is 23.2. The first kappa shape index (κ1) is 17.8. The Hall–Kier alpha value is -3.32. The molecule has 0 saturated carbocycles. The third-order valence-corrected chi connectivity index (χ3v) is 5.82. The molecule has 0 saturated heterocycles. The number of ether oxygens (including phenoxy) is 1. The molecule has 1 unspecified atom stereocenters. The van der Waals surface area contributed by atoms with Crippen molar-refractivity contribution >= 4 is 29.0 Å². The molecule has 1 amide bonds. The van der Waals surface area contributed by atoms with Gasteiger partial charge in [0.25, 0.3) is 0 Å². The lowest BCUT2D eigenvalue weighted by Gasteiger charge is -2.37. The lowest BCUT2D eigenvalue weighted by molar-refractivity contribution is -0.117. The van der Waals surface area contributed by atoms with Crippen molar-refractivity contribution in [2.75, 3.05) is 17.3 Å². The van der Waals surface area contributed by atoms with Gasteiger partial charge in [-0.1, -0.05) is 60.3 Å². The van der Waals surface area contributed by atoms with Crippen molar-refractivity contribution in [3.8, 4) is 5.75 Å². The average Bonchev–Trinajstić information content (AvgIpc) is 3.20. The molecule has 1 aliphatic heterocycles. The summed E-state index contributed by atoms with van der Waals surface area (Å²) in [6.45, 7) is 0.422. The molecule has 0 spiro atoms. The second-order valence-electron chi connectivity index (χ2n) is 6.67. The van der Waals surface area contributed by atoms with Gasteiger partial charge in [0.05, 0.1) is 17.5 Å². The fourth-order valence-electron chi connectivity index (χ4n) is 3.53. The lowest BCUT2D eigenvalue weighted by Crippen LogP contribution is -2.42. The molecule has 144 valence electrons. The van der Waals surface area contributed by atoms with E-state index >= 15 is 0 Å². The van der Waals surface area contributed by atoms with E-state index in [0.29, 0.717) is 11.8 Å². The highest BCUT2D eigenvalue weighted by Gasteiger charge is 2.33. The van der Waals surface area contributed by atoms with Gasteiger partial charge in [-0.05, 0) is 29.8 Å². The molecule has 0 bridgehead atoms. The minimum Gasteiger partial charge on any atom is -0.489 e. The van der Waals surface area contributed by atoms with Crippen molar-refractivity contribution in [2.24, 2.45) is 0 Å². The van der Waals surface area contributed by atoms with Crippen LogP contribution in [-0.4, -0.2) is 32.9 Å². The molecule has 7 heteroatoms. The van der Waals surface area contributed by atoms with E-state index in [4.69, 9.17) is 4.74 Å². The van der Waals surface area contributed by atoms with Crippen molar-refractivity contribution < 1.29 is 9.53 Å². The van der Waals surface area contributed by atoms with Crippen molar-refractivity contribution in [2.45, 2.75) is 11.2 Å². The molecule has 5 rings (SSSR count). The van der Waals surface area contributed by atoms with Gasteiger partial charge in [0, 0.05) is 6.20 Å². The summed E-state index contributed by atoms with van der Waals surface area (Å²) < 4.78 is 7.84. The first-order valence-electron chi connectivity index (χ1n) is 9.32. The Labute approximate surface area is 172 Å². The topological polar surface area (TPSA) is 59.7 Å². The number of fused-ring (bicyclic) bond motifs is 2. The number of nitrogens with zero attached hydrogens (tertiary/aromatic N) is 4. The smallest absolute Gasteiger partial charge is 0.238 e. The van der Waals surface area contributed by atoms with E-state index in [2.05, 4.69) is 10.2 Å². The van der Waals surface area contributed by atoms with Crippen molar-refractivity contribution in [1.29, 1.82) is 0 Å². The van der Waals surface area contributed by atoms with Crippen LogP contribution in [0.1, 0.15) is 11.6 Å². The van der Waals surface area contributed by atoms with Crippen LogP contribution >= 0.6 is 11.8 Å². The fraction of sp³-hybridized carbons (Fsp3) is 0.136. The zero-order valence-corrected chi connectivity index (χ0v) is 16.3. The Bertz CT molecular complexity index is 1160. The van der Waals surface area contributed by atoms with Crippen LogP contribution in [-0.2, 0) is 4.79 Å². The average molecular weight is 402 g/mol. The Morgan fingerprint density at radius 3 is 2.69 bits per heavy atom. The van der Waals surface area contributed by atoms with Gasteiger partial charge in [-0.15, -0.1) is 10.2 Å². The number of hydrogen-bond donors (Lipinski definition) is 0. The van der Waals surface area contributed by atoms with Gasteiger partial charge < -0.3 is 4.74 Å². The summed E-state index contributed by atoms with van der Waals surface area (Å²) >= 11 is 1.39. The molecule has 0 radical (unpaired) electrons. The number of anilines is 1. The molecule has 0 fully saturated rings. The van der Waals surface area contributed by atoms with Crippen molar-refractivity contribution in [1.82, 2.24) is 14.6 Å². The molecular weight excluding hydrogens is 384 g/mol. The summed E-state index contributed by atoms with van der Waals surface area (Å²) in [4.78, 5) is 15.2. The zero-order chi connectivity index (χ0) is 19.6. The van der Waals surface area contributed by atoms with Crippen LogP contribution in [0.2, 0.25) is 0 Å². The van der Waals surface area contributed by atoms with Crippen LogP contribution < -0.4 is 9.64 Å². The number of benzene rings is 2. The molecule has 6 nitrogen and oxygen atoms in total. The maximum absolute atomic E-state index is 13.4. The molecule has 2 aromatic carbocycles. The standard InChI is InChI=1S/C22H18N4O2S/c27-21(15-29-22-24-23-20-12-6-7-13-25(20)22)26-17-10-4-5-11-19(17)28-14-18(26)16-8-2-1-3-9-16/h1-13,18H,14-15H2. The van der Waals surface area contributed by atoms with E-state index in [-0.39, 0.29) is 17.7 Å². The van der Waals surface area contributed by atoms with Crippen LogP contribution in [0.3, 0.4) is 0 Å². The largest absolute Gasteiger partial charge is 0.489 e. The molecule has 1 aliphatic rings. The highest BCUT2D eigenvalue weighted by molar-refractivity contribution is 7.99. The monoisotopic (exact) mass is 402 g/mol. The number of thioether (sulfide) groups is 1. The summed E-state index contributed by atoms with van der Waals surface area (Å²) in [7, 11) is 0. The van der Waals surface area contributed by atoms with Crippen molar-refractivity contribution in [3.63, 3.8) is 0 Å². The van der Waals surface area contributed by atoms with Crippen LogP contribution in [0, 0.1) is 0 Å². The molecule has 2 aromatic heterocycles. The van der Waals surface area contributed by atoms with E-state index in [0.717, 1.165) is 22.6 Å². The van der Waals surface area contributed by atoms with Gasteiger partial charge in [0.2, 0.25) is 5.91 Å². The quantitative estimate of drug-likeness (QED) is 0.483. The highest BCUT2D eigenvalue weighted by atomic mass is 32.2. The third-order valence-electron chi connectivity index (χ3n) is 4.89. The Morgan fingerprint density at radius 1 is 1.00 bits per heavy atom. The molecule has 0 aliphatic carbocycles. The molecule has 0 N–H and O–H groups in total. The predicted octanol–water partition coefficient (Wildman–Crippen LogP) is 3.99. The second kappa shape index (κ2) is 7.60. The van der Waals surface area contributed by atoms with Crippen LogP contribution in [0.5, 0.6) is 5.75 Å². The van der Waals surface area contributed by atoms with Crippen LogP contribution in [0.15, 0.2) is 84.1 Å². The summed E-state index contributed by atoms with van der Waals surface area (Å²) in [5, 5.41) is 9.07. The zero-order valence-electron chi connectivity index (χ0n) is 15.5. The number of hydrogen-bond acceptors (Lipinski definition) is 5. The first-order chi connectivity index (χ1) is 14.3. The van der Waals surface area contributed by atoms with E-state index in [1.54, 1.807) is 0 Å². The summed E-state index contributed by atoms with van der Waals surface area (Å²) in [6.07, 6.45) is 1.90. The van der Waals surface area contributed by atoms with Gasteiger partial charge in [0.1, 0.15) is 12.4 Å². The summed E-state index contributed by atoms with van der Waals surface area (Å²) in [5.74, 6) is 0.992. The predicted molar refractivity (Wildman–Crippen MR) is 112 cm³/mol. The van der Waals surface area contributed by atoms with Gasteiger partial charge >= 0.3 is 0 Å². The first-order valence-corrected chi connectivity index (χ1v) is 10.3. The Balaban J connectivity index is 1.44. The number of rotatable bonds is 4. The number of amides is 1. The van der Waals surface area contributed by atoms with Crippen LogP contribution in [0.25, 0.3) is 5.65 Å². The number of carbonyl (C=O) groups excluding carboxylic acids is 1. The molecule has 3 heterocycles. The molecule has 1 atom stereocenters. The van der Waals surface area contributed by atoms with Gasteiger partial charge in [-0.25, -0.2) is 0 Å². The number of aromatic nitrogens is 3. The number of pyridine rings is 1. The molecule has 4 aromatic rings.